The van der Waals surface area contributed by atoms with Crippen LogP contribution < -0.4 is 10.6 Å². The van der Waals surface area contributed by atoms with E-state index < -0.39 is 5.54 Å². The predicted octanol–water partition coefficient (Wildman–Crippen LogP) is 2.74. The van der Waals surface area contributed by atoms with Crippen LogP contribution in [0.2, 0.25) is 0 Å². The Kier molecular flexibility index (Phi) is 5.56. The lowest BCUT2D eigenvalue weighted by Crippen LogP contribution is -2.63. The van der Waals surface area contributed by atoms with Gasteiger partial charge in [0.25, 0.3) is 11.8 Å². The number of nitrogens with one attached hydrogen (secondary N) is 2. The van der Waals surface area contributed by atoms with Gasteiger partial charge in [-0.05, 0) is 38.3 Å². The number of benzene rings is 1. The van der Waals surface area contributed by atoms with Gasteiger partial charge in [-0.1, -0.05) is 37.5 Å². The van der Waals surface area contributed by atoms with E-state index in [1.165, 1.54) is 22.1 Å². The van der Waals surface area contributed by atoms with Crippen LogP contribution in [-0.2, 0) is 11.3 Å². The van der Waals surface area contributed by atoms with Crippen LogP contribution in [0.1, 0.15) is 65.6 Å². The highest BCUT2D eigenvalue weighted by Gasteiger charge is 2.46. The standard InChI is InChI=1S/C23H29N5O3/c1-15-9-7-8-12-17(15)25-20(29)18-13-19-21(30)27(3)23(2,14-28(19)26-18)22(31)24-16-10-5-4-6-11-16/h7-9,12-13,16H,4-6,10-11,14H2,1-3H3,(H,24,31)(H,25,29). The van der Waals surface area contributed by atoms with Crippen molar-refractivity contribution < 1.29 is 14.4 Å². The van der Waals surface area contributed by atoms with E-state index >= 15 is 0 Å². The molecule has 3 amide bonds. The molecule has 1 aromatic carbocycles. The maximum Gasteiger partial charge on any atom is 0.276 e. The van der Waals surface area contributed by atoms with Crippen molar-refractivity contribution >= 4 is 23.4 Å². The van der Waals surface area contributed by atoms with Crippen LogP contribution in [0.25, 0.3) is 0 Å². The van der Waals surface area contributed by atoms with Gasteiger partial charge >= 0.3 is 0 Å². The Morgan fingerprint density at radius 1 is 1.16 bits per heavy atom. The third-order valence-electron chi connectivity index (χ3n) is 6.56. The number of rotatable bonds is 4. The third-order valence-corrected chi connectivity index (χ3v) is 6.56. The maximum absolute atomic E-state index is 13.1. The molecule has 2 N–H and O–H groups in total. The smallest absolute Gasteiger partial charge is 0.276 e. The van der Waals surface area contributed by atoms with Gasteiger partial charge in [0.1, 0.15) is 11.2 Å². The zero-order chi connectivity index (χ0) is 22.2. The molecule has 2 aromatic rings. The van der Waals surface area contributed by atoms with Crippen LogP contribution in [0.5, 0.6) is 0 Å². The number of carbonyl (C=O) groups excluding carboxylic acids is 3. The molecule has 0 bridgehead atoms. The van der Waals surface area contributed by atoms with Gasteiger partial charge in [-0.25, -0.2) is 0 Å². The number of hydrogen-bond donors (Lipinski definition) is 2. The summed E-state index contributed by atoms with van der Waals surface area (Å²) in [5.74, 6) is -0.891. The van der Waals surface area contributed by atoms with Crippen molar-refractivity contribution in [1.29, 1.82) is 0 Å². The zero-order valence-electron chi connectivity index (χ0n) is 18.3. The minimum Gasteiger partial charge on any atom is -0.351 e. The van der Waals surface area contributed by atoms with Gasteiger partial charge in [-0.2, -0.15) is 5.10 Å². The molecule has 1 unspecified atom stereocenters. The average molecular weight is 424 g/mol. The Hall–Kier alpha value is -3.16. The van der Waals surface area contributed by atoms with Crippen molar-refractivity contribution in [2.75, 3.05) is 12.4 Å². The van der Waals surface area contributed by atoms with E-state index in [0.29, 0.717) is 11.4 Å². The van der Waals surface area contributed by atoms with E-state index in [2.05, 4.69) is 15.7 Å². The Bertz CT molecular complexity index is 1020. The molecule has 2 heterocycles. The molecule has 1 saturated carbocycles. The van der Waals surface area contributed by atoms with Gasteiger partial charge in [0, 0.05) is 24.8 Å². The molecule has 0 radical (unpaired) electrons. The summed E-state index contributed by atoms with van der Waals surface area (Å²) in [5, 5.41) is 10.3. The molecule has 4 rings (SSSR count). The lowest BCUT2D eigenvalue weighted by molar-refractivity contribution is -0.133. The molecule has 1 aliphatic heterocycles. The van der Waals surface area contributed by atoms with Crippen molar-refractivity contribution in [3.8, 4) is 0 Å². The number of para-hydroxylation sites is 1. The van der Waals surface area contributed by atoms with E-state index in [4.69, 9.17) is 0 Å². The molecule has 8 heteroatoms. The summed E-state index contributed by atoms with van der Waals surface area (Å²) in [6.45, 7) is 3.85. The second kappa shape index (κ2) is 8.17. The molecular weight excluding hydrogens is 394 g/mol. The normalized spacial score (nSPS) is 21.5. The first-order valence-electron chi connectivity index (χ1n) is 10.8. The van der Waals surface area contributed by atoms with E-state index in [0.717, 1.165) is 31.2 Å². The number of nitrogens with zero attached hydrogens (tertiary/aromatic N) is 3. The van der Waals surface area contributed by atoms with Gasteiger partial charge in [0.15, 0.2) is 5.69 Å². The van der Waals surface area contributed by atoms with Gasteiger partial charge in [0.05, 0.1) is 6.54 Å². The van der Waals surface area contributed by atoms with E-state index in [-0.39, 0.29) is 36.0 Å². The molecule has 1 fully saturated rings. The topological polar surface area (TPSA) is 96.3 Å². The average Bonchev–Trinajstić information content (AvgIpc) is 3.18. The first-order valence-corrected chi connectivity index (χ1v) is 10.8. The molecule has 2 aliphatic rings. The summed E-state index contributed by atoms with van der Waals surface area (Å²) < 4.78 is 1.48. The molecule has 1 aromatic heterocycles. The fourth-order valence-electron chi connectivity index (χ4n) is 4.33. The van der Waals surface area contributed by atoms with Crippen molar-refractivity contribution in [3.05, 3.63) is 47.3 Å². The first-order chi connectivity index (χ1) is 14.8. The minimum absolute atomic E-state index is 0.149. The van der Waals surface area contributed by atoms with Crippen molar-refractivity contribution in [3.63, 3.8) is 0 Å². The number of carbonyl (C=O) groups is 3. The van der Waals surface area contributed by atoms with E-state index in [9.17, 15) is 14.4 Å². The van der Waals surface area contributed by atoms with Crippen LogP contribution in [0.15, 0.2) is 30.3 Å². The summed E-state index contributed by atoms with van der Waals surface area (Å²) in [4.78, 5) is 40.4. The Morgan fingerprint density at radius 3 is 2.58 bits per heavy atom. The van der Waals surface area contributed by atoms with Crippen LogP contribution >= 0.6 is 0 Å². The highest BCUT2D eigenvalue weighted by atomic mass is 16.2. The number of aryl methyl sites for hydroxylation is 1. The minimum atomic E-state index is -1.07. The molecule has 1 atom stereocenters. The number of amides is 3. The highest BCUT2D eigenvalue weighted by molar-refractivity contribution is 6.06. The van der Waals surface area contributed by atoms with Crippen molar-refractivity contribution in [2.24, 2.45) is 0 Å². The van der Waals surface area contributed by atoms with Gasteiger partial charge < -0.3 is 15.5 Å². The number of aromatic nitrogens is 2. The van der Waals surface area contributed by atoms with Crippen molar-refractivity contribution in [2.45, 2.75) is 64.1 Å². The maximum atomic E-state index is 13.1. The molecular formula is C23H29N5O3. The molecule has 8 nitrogen and oxygen atoms in total. The van der Waals surface area contributed by atoms with Gasteiger partial charge in [-0.15, -0.1) is 0 Å². The molecule has 0 spiro atoms. The lowest BCUT2D eigenvalue weighted by atomic mass is 9.92. The van der Waals surface area contributed by atoms with E-state index in [1.54, 1.807) is 14.0 Å². The largest absolute Gasteiger partial charge is 0.351 e. The molecule has 1 aliphatic carbocycles. The lowest BCUT2D eigenvalue weighted by Gasteiger charge is -2.41. The fraction of sp³-hybridized carbons (Fsp3) is 0.478. The monoisotopic (exact) mass is 423 g/mol. The summed E-state index contributed by atoms with van der Waals surface area (Å²) >= 11 is 0. The van der Waals surface area contributed by atoms with E-state index in [1.807, 2.05) is 31.2 Å². The summed E-state index contributed by atoms with van der Waals surface area (Å²) in [5.41, 5.74) is 1.01. The Labute approximate surface area is 182 Å². The number of anilines is 1. The number of hydrogen-bond acceptors (Lipinski definition) is 4. The second-order valence-corrected chi connectivity index (χ2v) is 8.79. The summed E-state index contributed by atoms with van der Waals surface area (Å²) in [6.07, 6.45) is 5.36. The zero-order valence-corrected chi connectivity index (χ0v) is 18.3. The summed E-state index contributed by atoms with van der Waals surface area (Å²) in [6, 6.07) is 9.10. The third kappa shape index (κ3) is 3.94. The molecule has 31 heavy (non-hydrogen) atoms. The quantitative estimate of drug-likeness (QED) is 0.790. The van der Waals surface area contributed by atoms with Crippen LogP contribution in [0, 0.1) is 6.92 Å². The number of fused-ring (bicyclic) bond motifs is 1. The van der Waals surface area contributed by atoms with Gasteiger partial charge in [-0.3, -0.25) is 19.1 Å². The van der Waals surface area contributed by atoms with Crippen molar-refractivity contribution in [1.82, 2.24) is 20.0 Å². The molecule has 164 valence electrons. The first kappa shape index (κ1) is 21.1. The second-order valence-electron chi connectivity index (χ2n) is 8.79. The van der Waals surface area contributed by atoms with Crippen LogP contribution in [-0.4, -0.2) is 51.0 Å². The SMILES string of the molecule is Cc1ccccc1NC(=O)c1cc2n(n1)CC(C)(C(=O)NC1CCCCC1)N(C)C2=O. The fourth-order valence-corrected chi connectivity index (χ4v) is 4.33. The Balaban J connectivity index is 1.54. The van der Waals surface area contributed by atoms with Crippen LogP contribution in [0.4, 0.5) is 5.69 Å². The number of likely N-dealkylation sites (N-methyl/N-ethyl adjacent to an activating group) is 1. The van der Waals surface area contributed by atoms with Gasteiger partial charge in [0.2, 0.25) is 5.91 Å². The predicted molar refractivity (Wildman–Crippen MR) is 117 cm³/mol. The summed E-state index contributed by atoms with van der Waals surface area (Å²) in [7, 11) is 1.63. The Morgan fingerprint density at radius 2 is 1.87 bits per heavy atom. The highest BCUT2D eigenvalue weighted by Crippen LogP contribution is 2.27. The van der Waals surface area contributed by atoms with Crippen LogP contribution in [0.3, 0.4) is 0 Å². The molecule has 0 saturated heterocycles.